The van der Waals surface area contributed by atoms with E-state index in [9.17, 15) is 9.18 Å². The van der Waals surface area contributed by atoms with Gasteiger partial charge >= 0.3 is 0 Å². The van der Waals surface area contributed by atoms with Crippen molar-refractivity contribution in [1.82, 2.24) is 20.8 Å². The standard InChI is InChI=1S/C22H20FN7OS/c23-16-5-3-15(4-6-16)18-11-19-21-26-27-22(29(21)9-10-30(19)28-18)32-13-20(31)25-17-7-1-14(12-24)2-8-17/h1-10,18-19,21,26,28H,11,13H2,(H,25,31). The van der Waals surface area contributed by atoms with Crippen molar-refractivity contribution >= 4 is 28.5 Å². The monoisotopic (exact) mass is 449 g/mol. The molecule has 8 nitrogen and oxygen atoms in total. The third-order valence-electron chi connectivity index (χ3n) is 5.61. The van der Waals surface area contributed by atoms with E-state index in [1.165, 1.54) is 23.9 Å². The smallest absolute Gasteiger partial charge is 0.234 e. The van der Waals surface area contributed by atoms with Gasteiger partial charge in [0, 0.05) is 18.1 Å². The van der Waals surface area contributed by atoms with Gasteiger partial charge in [-0.2, -0.15) is 10.4 Å². The zero-order valence-corrected chi connectivity index (χ0v) is 17.7. The normalized spacial score (nSPS) is 23.1. The molecule has 162 valence electrons. The highest BCUT2D eigenvalue weighted by molar-refractivity contribution is 8.14. The molecule has 0 spiro atoms. The minimum absolute atomic E-state index is 0.0537. The summed E-state index contributed by atoms with van der Waals surface area (Å²) in [6, 6.07) is 15.6. The van der Waals surface area contributed by atoms with Gasteiger partial charge in [-0.15, -0.1) is 0 Å². The SMILES string of the molecule is N#Cc1ccc(NC(=O)CSC2=NNC3C4CC(c5ccc(F)cc5)NN4C=CN23)cc1. The lowest BCUT2D eigenvalue weighted by Gasteiger charge is -2.36. The van der Waals surface area contributed by atoms with Gasteiger partial charge in [0.25, 0.3) is 0 Å². The van der Waals surface area contributed by atoms with Gasteiger partial charge in [-0.25, -0.2) is 9.82 Å². The molecule has 10 heteroatoms. The van der Waals surface area contributed by atoms with Crippen molar-refractivity contribution in [3.8, 4) is 6.07 Å². The Kier molecular flexibility index (Phi) is 5.43. The summed E-state index contributed by atoms with van der Waals surface area (Å²) in [6.45, 7) is 0. The quantitative estimate of drug-likeness (QED) is 0.661. The van der Waals surface area contributed by atoms with Crippen molar-refractivity contribution in [2.24, 2.45) is 5.10 Å². The molecule has 3 aliphatic rings. The topological polar surface area (TPSA) is 95.8 Å². The molecule has 0 bridgehead atoms. The number of rotatable bonds is 4. The lowest BCUT2D eigenvalue weighted by Crippen LogP contribution is -2.54. The summed E-state index contributed by atoms with van der Waals surface area (Å²) in [7, 11) is 0. The van der Waals surface area contributed by atoms with Crippen LogP contribution in [-0.4, -0.2) is 38.9 Å². The minimum Gasteiger partial charge on any atom is -0.325 e. The number of fused-ring (bicyclic) bond motifs is 3. The van der Waals surface area contributed by atoms with Gasteiger partial charge in [0.2, 0.25) is 5.91 Å². The van der Waals surface area contributed by atoms with E-state index in [2.05, 4.69) is 32.3 Å². The fraction of sp³-hybridized carbons (Fsp3) is 0.227. The molecule has 0 saturated carbocycles. The van der Waals surface area contributed by atoms with Crippen LogP contribution in [0.25, 0.3) is 0 Å². The number of amides is 1. The molecule has 0 radical (unpaired) electrons. The third kappa shape index (κ3) is 4.00. The highest BCUT2D eigenvalue weighted by atomic mass is 32.2. The van der Waals surface area contributed by atoms with Gasteiger partial charge in [-0.1, -0.05) is 23.9 Å². The first kappa shape index (κ1) is 20.4. The molecule has 1 amide bonds. The van der Waals surface area contributed by atoms with Crippen molar-refractivity contribution < 1.29 is 9.18 Å². The molecule has 1 saturated heterocycles. The lowest BCUT2D eigenvalue weighted by molar-refractivity contribution is -0.113. The highest BCUT2D eigenvalue weighted by Gasteiger charge is 2.44. The number of thioether (sulfide) groups is 1. The van der Waals surface area contributed by atoms with E-state index in [-0.39, 0.29) is 35.7 Å². The second-order valence-electron chi connectivity index (χ2n) is 7.64. The Bertz CT molecular complexity index is 1110. The fourth-order valence-electron chi connectivity index (χ4n) is 4.02. The van der Waals surface area contributed by atoms with E-state index < -0.39 is 0 Å². The molecular formula is C22H20FN7OS. The van der Waals surface area contributed by atoms with Crippen molar-refractivity contribution in [3.05, 3.63) is 77.9 Å². The van der Waals surface area contributed by atoms with Crippen LogP contribution in [-0.2, 0) is 4.79 Å². The average Bonchev–Trinajstić information content (AvgIpc) is 3.42. The highest BCUT2D eigenvalue weighted by Crippen LogP contribution is 2.35. The first-order valence-corrected chi connectivity index (χ1v) is 11.1. The van der Waals surface area contributed by atoms with Crippen molar-refractivity contribution in [2.75, 3.05) is 11.1 Å². The molecule has 5 rings (SSSR count). The van der Waals surface area contributed by atoms with Crippen LogP contribution in [0, 0.1) is 17.1 Å². The van der Waals surface area contributed by atoms with E-state index in [0.717, 1.165) is 17.2 Å². The predicted octanol–water partition coefficient (Wildman–Crippen LogP) is 2.68. The van der Waals surface area contributed by atoms with Gasteiger partial charge in [-0.05, 0) is 48.4 Å². The number of nitrogens with one attached hydrogen (secondary N) is 3. The number of nitrogens with zero attached hydrogens (tertiary/aromatic N) is 4. The number of benzene rings is 2. The molecule has 3 atom stereocenters. The number of hydrazine groups is 1. The molecule has 32 heavy (non-hydrogen) atoms. The largest absolute Gasteiger partial charge is 0.325 e. The van der Waals surface area contributed by atoms with Gasteiger partial charge in [0.15, 0.2) is 5.17 Å². The number of hydrazone groups is 1. The predicted molar refractivity (Wildman–Crippen MR) is 120 cm³/mol. The Morgan fingerprint density at radius 1 is 1.22 bits per heavy atom. The van der Waals surface area contributed by atoms with Crippen molar-refractivity contribution in [1.29, 1.82) is 5.26 Å². The first-order chi connectivity index (χ1) is 15.6. The summed E-state index contributed by atoms with van der Waals surface area (Å²) in [6.07, 6.45) is 4.68. The lowest BCUT2D eigenvalue weighted by atomic mass is 10.00. The summed E-state index contributed by atoms with van der Waals surface area (Å²) in [4.78, 5) is 14.4. The Hall–Kier alpha value is -3.55. The van der Waals surface area contributed by atoms with Crippen molar-refractivity contribution in [2.45, 2.75) is 24.7 Å². The Balaban J connectivity index is 1.17. The van der Waals surface area contributed by atoms with Gasteiger partial charge < -0.3 is 15.2 Å². The second-order valence-corrected chi connectivity index (χ2v) is 8.59. The van der Waals surface area contributed by atoms with Gasteiger partial charge in [-0.3, -0.25) is 10.2 Å². The number of amidine groups is 1. The van der Waals surface area contributed by atoms with Gasteiger partial charge in [0.05, 0.1) is 29.5 Å². The van der Waals surface area contributed by atoms with Crippen LogP contribution < -0.4 is 16.2 Å². The first-order valence-electron chi connectivity index (χ1n) is 10.1. The van der Waals surface area contributed by atoms with E-state index in [4.69, 9.17) is 5.26 Å². The Morgan fingerprint density at radius 2 is 2.00 bits per heavy atom. The number of halogens is 1. The van der Waals surface area contributed by atoms with Crippen LogP contribution in [0.15, 0.2) is 66.0 Å². The number of hydrogen-bond acceptors (Lipinski definition) is 8. The summed E-state index contributed by atoms with van der Waals surface area (Å²) in [5, 5.41) is 18.9. The zero-order chi connectivity index (χ0) is 22.1. The second kappa shape index (κ2) is 8.53. The van der Waals surface area contributed by atoms with Crippen LogP contribution in [0.4, 0.5) is 10.1 Å². The summed E-state index contributed by atoms with van der Waals surface area (Å²) in [5.74, 6) is -0.179. The van der Waals surface area contributed by atoms with E-state index in [0.29, 0.717) is 11.3 Å². The molecule has 2 aromatic rings. The number of carbonyl (C=O) groups excluding carboxylic acids is 1. The number of carbonyl (C=O) groups is 1. The fourth-order valence-corrected chi connectivity index (χ4v) is 4.79. The maximum absolute atomic E-state index is 13.3. The Labute approximate surface area is 188 Å². The van der Waals surface area contributed by atoms with Gasteiger partial charge in [0.1, 0.15) is 12.0 Å². The van der Waals surface area contributed by atoms with Crippen LogP contribution in [0.2, 0.25) is 0 Å². The summed E-state index contributed by atoms with van der Waals surface area (Å²) < 4.78 is 13.3. The molecule has 3 aliphatic heterocycles. The molecule has 0 aliphatic carbocycles. The van der Waals surface area contributed by atoms with Crippen LogP contribution in [0.3, 0.4) is 0 Å². The average molecular weight is 450 g/mol. The maximum atomic E-state index is 13.3. The number of nitriles is 1. The zero-order valence-electron chi connectivity index (χ0n) is 16.9. The minimum atomic E-state index is -0.244. The van der Waals surface area contributed by atoms with E-state index in [1.54, 1.807) is 36.4 Å². The molecule has 3 unspecified atom stereocenters. The molecule has 1 fully saturated rings. The van der Waals surface area contributed by atoms with Crippen LogP contribution in [0.5, 0.6) is 0 Å². The molecule has 2 aromatic carbocycles. The van der Waals surface area contributed by atoms with E-state index >= 15 is 0 Å². The third-order valence-corrected chi connectivity index (χ3v) is 6.57. The Morgan fingerprint density at radius 3 is 2.75 bits per heavy atom. The van der Waals surface area contributed by atoms with Crippen LogP contribution >= 0.6 is 11.8 Å². The van der Waals surface area contributed by atoms with Crippen molar-refractivity contribution in [3.63, 3.8) is 0 Å². The molecule has 3 N–H and O–H groups in total. The molecular weight excluding hydrogens is 429 g/mol. The summed E-state index contributed by atoms with van der Waals surface area (Å²) in [5.41, 5.74) is 8.87. The molecule has 3 heterocycles. The van der Waals surface area contributed by atoms with Crippen LogP contribution in [0.1, 0.15) is 23.6 Å². The summed E-state index contributed by atoms with van der Waals surface area (Å²) >= 11 is 1.35. The maximum Gasteiger partial charge on any atom is 0.234 e. The molecule has 0 aromatic heterocycles. The van der Waals surface area contributed by atoms with E-state index in [1.807, 2.05) is 17.3 Å². The number of anilines is 1. The number of hydrogen-bond donors (Lipinski definition) is 3.